The van der Waals surface area contributed by atoms with E-state index in [1.807, 2.05) is 17.9 Å². The second kappa shape index (κ2) is 7.95. The van der Waals surface area contributed by atoms with Crippen LogP contribution in [0, 0.1) is 11.8 Å². The van der Waals surface area contributed by atoms with Crippen LogP contribution in [0.25, 0.3) is 0 Å². The Kier molecular flexibility index (Phi) is 5.86. The number of aliphatic hydroxyl groups is 1. The summed E-state index contributed by atoms with van der Waals surface area (Å²) >= 11 is 0. The first-order valence-corrected chi connectivity index (χ1v) is 10.1. The number of rotatable bonds is 8. The standard InChI is InChI=1S/C21H32N2O3/c1-4-15(3)8-9-26-18-10-17-6-7-19(24)23(20(17)22-13-18)14-16-11-21(25,5-2)12-16/h10,13,15-16,25H,4-9,11-12,14H2,1-3H3. The number of ether oxygens (including phenoxy) is 1. The Bertz CT molecular complexity index is 640. The van der Waals surface area contributed by atoms with Gasteiger partial charge in [0.2, 0.25) is 5.91 Å². The summed E-state index contributed by atoms with van der Waals surface area (Å²) in [5, 5.41) is 10.2. The molecule has 1 aromatic rings. The lowest BCUT2D eigenvalue weighted by Gasteiger charge is -2.45. The minimum absolute atomic E-state index is 0.141. The lowest BCUT2D eigenvalue weighted by molar-refractivity contribution is -0.120. The normalized spacial score (nSPS) is 26.2. The van der Waals surface area contributed by atoms with E-state index in [2.05, 4.69) is 18.8 Å². The molecule has 1 atom stereocenters. The predicted octanol–water partition coefficient (Wildman–Crippen LogP) is 3.73. The summed E-state index contributed by atoms with van der Waals surface area (Å²) in [6.07, 6.45) is 7.53. The Morgan fingerprint density at radius 3 is 2.85 bits per heavy atom. The molecule has 3 rings (SSSR count). The Labute approximate surface area is 156 Å². The lowest BCUT2D eigenvalue weighted by Crippen LogP contribution is -2.50. The summed E-state index contributed by atoms with van der Waals surface area (Å²) in [7, 11) is 0. The van der Waals surface area contributed by atoms with Crippen molar-refractivity contribution in [3.05, 3.63) is 17.8 Å². The number of hydrogen-bond donors (Lipinski definition) is 1. The maximum atomic E-state index is 12.4. The van der Waals surface area contributed by atoms with Gasteiger partial charge in [-0.25, -0.2) is 4.98 Å². The van der Waals surface area contributed by atoms with Gasteiger partial charge in [-0.05, 0) is 55.6 Å². The average molecular weight is 360 g/mol. The van der Waals surface area contributed by atoms with Crippen LogP contribution < -0.4 is 9.64 Å². The van der Waals surface area contributed by atoms with Gasteiger partial charge in [0.25, 0.3) is 0 Å². The van der Waals surface area contributed by atoms with E-state index in [0.717, 1.165) is 55.7 Å². The largest absolute Gasteiger partial charge is 0.492 e. The van der Waals surface area contributed by atoms with Crippen LogP contribution in [0.3, 0.4) is 0 Å². The van der Waals surface area contributed by atoms with Gasteiger partial charge in [0.1, 0.15) is 11.6 Å². The molecule has 1 fully saturated rings. The van der Waals surface area contributed by atoms with E-state index in [0.29, 0.717) is 31.4 Å². The highest BCUT2D eigenvalue weighted by atomic mass is 16.5. The molecular weight excluding hydrogens is 328 g/mol. The molecule has 5 nitrogen and oxygen atoms in total. The highest BCUT2D eigenvalue weighted by Crippen LogP contribution is 2.41. The third-order valence-electron chi connectivity index (χ3n) is 6.10. The predicted molar refractivity (Wildman–Crippen MR) is 102 cm³/mol. The first kappa shape index (κ1) is 19.2. The monoisotopic (exact) mass is 360 g/mol. The van der Waals surface area contributed by atoms with Crippen molar-refractivity contribution >= 4 is 11.7 Å². The van der Waals surface area contributed by atoms with Crippen LogP contribution in [0.5, 0.6) is 5.75 Å². The zero-order valence-corrected chi connectivity index (χ0v) is 16.3. The number of carbonyl (C=O) groups is 1. The molecule has 1 amide bonds. The Morgan fingerprint density at radius 2 is 2.15 bits per heavy atom. The van der Waals surface area contributed by atoms with Crippen LogP contribution in [0.1, 0.15) is 64.9 Å². The van der Waals surface area contributed by atoms with Crippen molar-refractivity contribution < 1.29 is 14.6 Å². The van der Waals surface area contributed by atoms with Gasteiger partial charge in [0, 0.05) is 13.0 Å². The van der Waals surface area contributed by atoms with E-state index in [-0.39, 0.29) is 5.91 Å². The molecule has 1 unspecified atom stereocenters. The summed E-state index contributed by atoms with van der Waals surface area (Å²) in [6.45, 7) is 7.81. The number of hydrogen-bond acceptors (Lipinski definition) is 4. The smallest absolute Gasteiger partial charge is 0.228 e. The molecule has 0 aromatic carbocycles. The van der Waals surface area contributed by atoms with E-state index in [1.54, 1.807) is 6.20 Å². The number of anilines is 1. The number of fused-ring (bicyclic) bond motifs is 1. The van der Waals surface area contributed by atoms with Gasteiger partial charge in [-0.1, -0.05) is 27.2 Å². The fourth-order valence-electron chi connectivity index (χ4n) is 3.94. The van der Waals surface area contributed by atoms with Crippen LogP contribution in [0.15, 0.2) is 12.3 Å². The highest BCUT2D eigenvalue weighted by molar-refractivity contribution is 5.95. The quantitative estimate of drug-likeness (QED) is 0.767. The maximum absolute atomic E-state index is 12.4. The molecule has 5 heteroatoms. The van der Waals surface area contributed by atoms with Crippen molar-refractivity contribution in [2.24, 2.45) is 11.8 Å². The van der Waals surface area contributed by atoms with Crippen molar-refractivity contribution in [1.82, 2.24) is 4.98 Å². The third-order valence-corrected chi connectivity index (χ3v) is 6.10. The van der Waals surface area contributed by atoms with Crippen molar-refractivity contribution in [3.63, 3.8) is 0 Å². The van der Waals surface area contributed by atoms with Gasteiger partial charge < -0.3 is 9.84 Å². The molecule has 1 aliphatic carbocycles. The lowest BCUT2D eigenvalue weighted by atomic mass is 9.69. The molecule has 0 radical (unpaired) electrons. The van der Waals surface area contributed by atoms with E-state index in [4.69, 9.17) is 4.74 Å². The van der Waals surface area contributed by atoms with Crippen LogP contribution in [-0.2, 0) is 11.2 Å². The van der Waals surface area contributed by atoms with Crippen LogP contribution in [0.4, 0.5) is 5.82 Å². The zero-order valence-electron chi connectivity index (χ0n) is 16.3. The first-order chi connectivity index (χ1) is 12.4. The molecule has 0 saturated heterocycles. The SMILES string of the molecule is CCC(C)CCOc1cnc2c(c1)CCC(=O)N2CC1CC(O)(CC)C1. The summed E-state index contributed by atoms with van der Waals surface area (Å²) in [5.41, 5.74) is 0.573. The highest BCUT2D eigenvalue weighted by Gasteiger charge is 2.42. The maximum Gasteiger partial charge on any atom is 0.228 e. The van der Waals surface area contributed by atoms with Gasteiger partial charge in [0.15, 0.2) is 0 Å². The van der Waals surface area contributed by atoms with Crippen molar-refractivity contribution in [2.75, 3.05) is 18.1 Å². The molecule has 1 aromatic heterocycles. The van der Waals surface area contributed by atoms with Crippen LogP contribution >= 0.6 is 0 Å². The third kappa shape index (κ3) is 4.20. The van der Waals surface area contributed by atoms with Gasteiger partial charge in [0.05, 0.1) is 18.4 Å². The topological polar surface area (TPSA) is 62.7 Å². The molecule has 0 spiro atoms. The second-order valence-electron chi connectivity index (χ2n) is 8.16. The molecule has 0 bridgehead atoms. The Hall–Kier alpha value is -1.62. The molecule has 1 saturated carbocycles. The van der Waals surface area contributed by atoms with E-state index < -0.39 is 5.60 Å². The number of carbonyl (C=O) groups excluding carboxylic acids is 1. The molecular formula is C21H32N2O3. The van der Waals surface area contributed by atoms with Crippen molar-refractivity contribution in [2.45, 2.75) is 71.3 Å². The van der Waals surface area contributed by atoms with Gasteiger partial charge in [-0.3, -0.25) is 9.69 Å². The number of nitrogens with zero attached hydrogens (tertiary/aromatic N) is 2. The van der Waals surface area contributed by atoms with Crippen LogP contribution in [0.2, 0.25) is 0 Å². The molecule has 26 heavy (non-hydrogen) atoms. The number of aryl methyl sites for hydroxylation is 1. The number of amides is 1. The fraction of sp³-hybridized carbons (Fsp3) is 0.714. The molecule has 2 aliphatic rings. The van der Waals surface area contributed by atoms with E-state index in [1.165, 1.54) is 0 Å². The first-order valence-electron chi connectivity index (χ1n) is 10.1. The van der Waals surface area contributed by atoms with Crippen molar-refractivity contribution in [3.8, 4) is 5.75 Å². The minimum Gasteiger partial charge on any atom is -0.492 e. The molecule has 1 aliphatic heterocycles. The van der Waals surface area contributed by atoms with Gasteiger partial charge in [-0.2, -0.15) is 0 Å². The second-order valence-corrected chi connectivity index (χ2v) is 8.16. The molecule has 144 valence electrons. The van der Waals surface area contributed by atoms with E-state index >= 15 is 0 Å². The van der Waals surface area contributed by atoms with Gasteiger partial charge >= 0.3 is 0 Å². The Morgan fingerprint density at radius 1 is 1.38 bits per heavy atom. The average Bonchev–Trinajstić information content (AvgIpc) is 2.62. The summed E-state index contributed by atoms with van der Waals surface area (Å²) in [6, 6.07) is 2.04. The molecule has 1 N–H and O–H groups in total. The fourth-order valence-corrected chi connectivity index (χ4v) is 3.94. The zero-order chi connectivity index (χ0) is 18.7. The van der Waals surface area contributed by atoms with Gasteiger partial charge in [-0.15, -0.1) is 0 Å². The van der Waals surface area contributed by atoms with Crippen LogP contribution in [-0.4, -0.2) is 34.8 Å². The summed E-state index contributed by atoms with van der Waals surface area (Å²) < 4.78 is 5.86. The molecule has 2 heterocycles. The van der Waals surface area contributed by atoms with Crippen molar-refractivity contribution in [1.29, 1.82) is 0 Å². The summed E-state index contributed by atoms with van der Waals surface area (Å²) in [4.78, 5) is 18.8. The minimum atomic E-state index is -0.521. The van der Waals surface area contributed by atoms with E-state index in [9.17, 15) is 9.90 Å². The number of pyridine rings is 1. The Balaban J connectivity index is 1.63. The number of aromatic nitrogens is 1. The summed E-state index contributed by atoms with van der Waals surface area (Å²) in [5.74, 6) is 2.75.